The minimum atomic E-state index is -1.11. The first-order valence-electron chi connectivity index (χ1n) is 6.29. The van der Waals surface area contributed by atoms with E-state index in [1.807, 2.05) is 6.92 Å². The number of nitrogens with one attached hydrogen (secondary N) is 2. The molecule has 6 nitrogen and oxygen atoms in total. The lowest BCUT2D eigenvalue weighted by atomic mass is 10.2. The molecule has 0 aliphatic heterocycles. The molecular formula is C14H14N2O4S. The van der Waals surface area contributed by atoms with Gasteiger partial charge in [0, 0.05) is 10.6 Å². The molecule has 0 aliphatic rings. The second-order valence-electron chi connectivity index (χ2n) is 4.45. The second-order valence-corrected chi connectivity index (χ2v) is 5.59. The Hall–Kier alpha value is -2.41. The summed E-state index contributed by atoms with van der Waals surface area (Å²) in [5.41, 5.74) is 0.126. The predicted molar refractivity (Wildman–Crippen MR) is 80.4 cm³/mol. The van der Waals surface area contributed by atoms with Crippen molar-refractivity contribution in [2.75, 3.05) is 5.32 Å². The molecule has 7 heteroatoms. The quantitative estimate of drug-likeness (QED) is 0.806. The van der Waals surface area contributed by atoms with Gasteiger partial charge in [0.05, 0.1) is 5.56 Å². The molecule has 0 radical (unpaired) electrons. The van der Waals surface area contributed by atoms with Gasteiger partial charge < -0.3 is 15.4 Å². The summed E-state index contributed by atoms with van der Waals surface area (Å²) in [5, 5.41) is 11.9. The van der Waals surface area contributed by atoms with Crippen molar-refractivity contribution in [3.8, 4) is 0 Å². The Morgan fingerprint density at radius 2 is 2.05 bits per heavy atom. The third-order valence-corrected chi connectivity index (χ3v) is 4.08. The number of hydrogen-bond donors (Lipinski definition) is 3. The molecule has 2 heterocycles. The highest BCUT2D eigenvalue weighted by Gasteiger charge is 2.18. The molecule has 0 atom stereocenters. The molecule has 3 N–H and O–H groups in total. The van der Waals surface area contributed by atoms with Gasteiger partial charge in [0.2, 0.25) is 0 Å². The minimum Gasteiger partial charge on any atom is -0.478 e. The largest absolute Gasteiger partial charge is 0.478 e. The van der Waals surface area contributed by atoms with E-state index in [0.29, 0.717) is 12.1 Å². The molecule has 0 saturated carbocycles. The average molecular weight is 306 g/mol. The van der Waals surface area contributed by atoms with Crippen LogP contribution in [0.3, 0.4) is 0 Å². The zero-order valence-electron chi connectivity index (χ0n) is 11.5. The van der Waals surface area contributed by atoms with Crippen LogP contribution in [0.25, 0.3) is 0 Å². The lowest BCUT2D eigenvalue weighted by Crippen LogP contribution is -2.23. The fourth-order valence-corrected chi connectivity index (χ4v) is 2.77. The predicted octanol–water partition coefficient (Wildman–Crippen LogP) is 2.26. The van der Waals surface area contributed by atoms with E-state index in [4.69, 9.17) is 5.11 Å². The smallest absolute Gasteiger partial charge is 0.338 e. The highest BCUT2D eigenvalue weighted by molar-refractivity contribution is 7.16. The summed E-state index contributed by atoms with van der Waals surface area (Å²) in [6, 6.07) is 4.56. The van der Waals surface area contributed by atoms with Crippen LogP contribution in [0.2, 0.25) is 0 Å². The van der Waals surface area contributed by atoms with Gasteiger partial charge in [-0.05, 0) is 31.5 Å². The number of pyridine rings is 1. The van der Waals surface area contributed by atoms with Crippen LogP contribution < -0.4 is 10.9 Å². The van der Waals surface area contributed by atoms with E-state index >= 15 is 0 Å². The van der Waals surface area contributed by atoms with Gasteiger partial charge in [0.15, 0.2) is 0 Å². The van der Waals surface area contributed by atoms with Gasteiger partial charge in [0.1, 0.15) is 10.6 Å². The molecule has 1 amide bonds. The number of amides is 1. The third-order valence-electron chi connectivity index (χ3n) is 2.89. The van der Waals surface area contributed by atoms with E-state index in [1.54, 1.807) is 13.0 Å². The van der Waals surface area contributed by atoms with Crippen LogP contribution in [0.1, 0.15) is 38.2 Å². The molecule has 21 heavy (non-hydrogen) atoms. The van der Waals surface area contributed by atoms with Crippen LogP contribution in [0, 0.1) is 6.92 Å². The first-order valence-corrected chi connectivity index (χ1v) is 7.11. The van der Waals surface area contributed by atoms with Gasteiger partial charge in [-0.15, -0.1) is 11.3 Å². The number of carboxylic acid groups (broad SMARTS) is 1. The molecule has 2 aromatic rings. The van der Waals surface area contributed by atoms with Gasteiger partial charge in [-0.3, -0.25) is 9.59 Å². The van der Waals surface area contributed by atoms with Gasteiger partial charge in [0.25, 0.3) is 11.5 Å². The summed E-state index contributed by atoms with van der Waals surface area (Å²) in [4.78, 5) is 38.4. The van der Waals surface area contributed by atoms with Crippen molar-refractivity contribution < 1.29 is 14.7 Å². The molecular weight excluding hydrogens is 292 g/mol. The van der Waals surface area contributed by atoms with Gasteiger partial charge in [-0.25, -0.2) is 4.79 Å². The Kier molecular flexibility index (Phi) is 4.23. The minimum absolute atomic E-state index is 0.0359. The third kappa shape index (κ3) is 3.19. The van der Waals surface area contributed by atoms with E-state index in [2.05, 4.69) is 10.3 Å². The van der Waals surface area contributed by atoms with Crippen LogP contribution in [0.15, 0.2) is 23.0 Å². The number of aromatic nitrogens is 1. The Bertz CT molecular complexity index is 761. The average Bonchev–Trinajstić information content (AvgIpc) is 2.81. The molecule has 0 bridgehead atoms. The van der Waals surface area contributed by atoms with Crippen LogP contribution in [-0.2, 0) is 6.42 Å². The van der Waals surface area contributed by atoms with Crippen LogP contribution in [-0.4, -0.2) is 22.0 Å². The van der Waals surface area contributed by atoms with Crippen LogP contribution in [0.4, 0.5) is 5.00 Å². The number of aromatic carboxylic acids is 1. The number of thiophene rings is 1. The summed E-state index contributed by atoms with van der Waals surface area (Å²) < 4.78 is 0. The number of aromatic amines is 1. The number of hydrogen-bond acceptors (Lipinski definition) is 4. The van der Waals surface area contributed by atoms with Crippen molar-refractivity contribution >= 4 is 28.2 Å². The van der Waals surface area contributed by atoms with E-state index in [9.17, 15) is 14.4 Å². The number of aryl methyl sites for hydroxylation is 2. The molecule has 0 spiro atoms. The number of carboxylic acids is 1. The highest BCUT2D eigenvalue weighted by atomic mass is 32.1. The van der Waals surface area contributed by atoms with Crippen molar-refractivity contribution in [1.82, 2.24) is 4.98 Å². The molecule has 2 rings (SSSR count). The van der Waals surface area contributed by atoms with Crippen LogP contribution in [0.5, 0.6) is 0 Å². The van der Waals surface area contributed by atoms with E-state index in [0.717, 1.165) is 4.88 Å². The van der Waals surface area contributed by atoms with E-state index in [1.165, 1.54) is 23.5 Å². The maximum absolute atomic E-state index is 12.1. The summed E-state index contributed by atoms with van der Waals surface area (Å²) in [6.45, 7) is 3.60. The zero-order chi connectivity index (χ0) is 15.6. The number of carbonyl (C=O) groups excluding carboxylic acids is 1. The van der Waals surface area contributed by atoms with Gasteiger partial charge >= 0.3 is 5.97 Å². The standard InChI is InChI=1S/C14H14N2O4S/c1-3-8-6-10(14(19)20)13(21-8)16-12(18)9-5-4-7(2)15-11(9)17/h4-6H,3H2,1-2H3,(H,15,17)(H,16,18)(H,19,20). The highest BCUT2D eigenvalue weighted by Crippen LogP contribution is 2.28. The monoisotopic (exact) mass is 306 g/mol. The summed E-state index contributed by atoms with van der Waals surface area (Å²) in [5.74, 6) is -1.73. The van der Waals surface area contributed by atoms with Crippen molar-refractivity contribution in [3.05, 3.63) is 50.3 Å². The SMILES string of the molecule is CCc1cc(C(=O)O)c(NC(=O)c2ccc(C)[nH]c2=O)s1. The van der Waals surface area contributed by atoms with Crippen LogP contribution >= 0.6 is 11.3 Å². The topological polar surface area (TPSA) is 99.3 Å². The first kappa shape index (κ1) is 15.0. The molecule has 0 aliphatic carbocycles. The summed E-state index contributed by atoms with van der Waals surface area (Å²) in [7, 11) is 0. The van der Waals surface area contributed by atoms with Gasteiger partial charge in [-0.1, -0.05) is 6.92 Å². The van der Waals surface area contributed by atoms with E-state index in [-0.39, 0.29) is 16.1 Å². The number of rotatable bonds is 4. The number of H-pyrrole nitrogens is 1. The Morgan fingerprint density at radius 1 is 1.33 bits per heavy atom. The molecule has 0 fully saturated rings. The zero-order valence-corrected chi connectivity index (χ0v) is 12.3. The van der Waals surface area contributed by atoms with Crippen molar-refractivity contribution in [2.45, 2.75) is 20.3 Å². The molecule has 0 unspecified atom stereocenters. The second kappa shape index (κ2) is 5.92. The lowest BCUT2D eigenvalue weighted by molar-refractivity contribution is 0.0698. The Balaban J connectivity index is 2.33. The fourth-order valence-electron chi connectivity index (χ4n) is 1.79. The first-order chi connectivity index (χ1) is 9.92. The van der Waals surface area contributed by atoms with Crippen molar-refractivity contribution in [3.63, 3.8) is 0 Å². The van der Waals surface area contributed by atoms with Gasteiger partial charge in [-0.2, -0.15) is 0 Å². The lowest BCUT2D eigenvalue weighted by Gasteiger charge is -2.04. The van der Waals surface area contributed by atoms with E-state index < -0.39 is 17.4 Å². The molecule has 0 saturated heterocycles. The summed E-state index contributed by atoms with van der Waals surface area (Å²) >= 11 is 1.19. The van der Waals surface area contributed by atoms with Crippen molar-refractivity contribution in [2.24, 2.45) is 0 Å². The number of anilines is 1. The molecule has 0 aromatic carbocycles. The maximum atomic E-state index is 12.1. The normalized spacial score (nSPS) is 10.4. The Morgan fingerprint density at radius 3 is 2.62 bits per heavy atom. The summed E-state index contributed by atoms with van der Waals surface area (Å²) in [6.07, 6.45) is 0.673. The Labute approximate surface area is 124 Å². The fraction of sp³-hybridized carbons (Fsp3) is 0.214. The molecule has 2 aromatic heterocycles. The molecule has 110 valence electrons. The van der Waals surface area contributed by atoms with Crippen molar-refractivity contribution in [1.29, 1.82) is 0 Å². The maximum Gasteiger partial charge on any atom is 0.338 e. The number of carbonyl (C=O) groups is 2.